The number of morpholine rings is 1. The fraction of sp³-hybridized carbons (Fsp3) is 0.391. The zero-order chi connectivity index (χ0) is 18.9. The second-order valence-corrected chi connectivity index (χ2v) is 7.51. The lowest BCUT2D eigenvalue weighted by Gasteiger charge is -2.26. The third-order valence-corrected chi connectivity index (χ3v) is 5.89. The number of benzene rings is 2. The molecule has 1 saturated heterocycles. The highest BCUT2D eigenvalue weighted by Gasteiger charge is 2.21. The predicted molar refractivity (Wildman–Crippen MR) is 110 cm³/mol. The summed E-state index contributed by atoms with van der Waals surface area (Å²) in [6.07, 6.45) is 2.10. The Balaban J connectivity index is 1.39. The van der Waals surface area contributed by atoms with Gasteiger partial charge in [-0.25, -0.2) is 0 Å². The van der Waals surface area contributed by atoms with E-state index in [1.165, 1.54) is 27.8 Å². The molecule has 28 heavy (non-hydrogen) atoms. The van der Waals surface area contributed by atoms with Gasteiger partial charge in [-0.3, -0.25) is 4.90 Å². The lowest BCUT2D eigenvalue weighted by atomic mass is 9.89. The number of nitrogens with zero attached hydrogens (tertiary/aromatic N) is 1. The van der Waals surface area contributed by atoms with Crippen LogP contribution in [0.1, 0.15) is 11.1 Å². The first-order chi connectivity index (χ1) is 13.8. The highest BCUT2D eigenvalue weighted by molar-refractivity contribution is 5.93. The minimum Gasteiger partial charge on any atom is -0.497 e. The van der Waals surface area contributed by atoms with Gasteiger partial charge in [-0.1, -0.05) is 6.07 Å². The van der Waals surface area contributed by atoms with E-state index in [-0.39, 0.29) is 0 Å². The number of aryl methyl sites for hydroxylation is 2. The van der Waals surface area contributed by atoms with Crippen molar-refractivity contribution in [1.82, 2.24) is 9.88 Å². The number of aromatic amines is 1. The molecule has 0 saturated carbocycles. The maximum atomic E-state index is 6.08. The number of rotatable bonds is 5. The van der Waals surface area contributed by atoms with Crippen molar-refractivity contribution in [2.75, 3.05) is 46.6 Å². The average molecular weight is 378 g/mol. The molecule has 1 aliphatic heterocycles. The number of ether oxygens (including phenoxy) is 3. The van der Waals surface area contributed by atoms with Crippen molar-refractivity contribution in [2.24, 2.45) is 0 Å². The lowest BCUT2D eigenvalue weighted by molar-refractivity contribution is 0.0322. The van der Waals surface area contributed by atoms with E-state index in [1.54, 1.807) is 7.11 Å². The number of hydrogen-bond acceptors (Lipinski definition) is 4. The molecule has 1 N–H and O–H groups in total. The fourth-order valence-electron chi connectivity index (χ4n) is 4.32. The second kappa shape index (κ2) is 7.49. The quantitative estimate of drug-likeness (QED) is 0.736. The predicted octanol–water partition coefficient (Wildman–Crippen LogP) is 3.65. The van der Waals surface area contributed by atoms with E-state index in [4.69, 9.17) is 14.2 Å². The van der Waals surface area contributed by atoms with Crippen LogP contribution in [0.4, 0.5) is 0 Å². The zero-order valence-corrected chi connectivity index (χ0v) is 16.3. The molecule has 2 aliphatic rings. The first kappa shape index (κ1) is 17.6. The largest absolute Gasteiger partial charge is 0.497 e. The van der Waals surface area contributed by atoms with Gasteiger partial charge in [0.05, 0.1) is 26.0 Å². The van der Waals surface area contributed by atoms with Crippen LogP contribution in [0.3, 0.4) is 0 Å². The highest BCUT2D eigenvalue weighted by atomic mass is 16.5. The van der Waals surface area contributed by atoms with E-state index in [2.05, 4.69) is 40.2 Å². The van der Waals surface area contributed by atoms with E-state index in [0.29, 0.717) is 6.61 Å². The van der Waals surface area contributed by atoms with Crippen LogP contribution in [0.25, 0.3) is 22.2 Å². The van der Waals surface area contributed by atoms with Gasteiger partial charge in [-0.05, 0) is 54.3 Å². The van der Waals surface area contributed by atoms with E-state index in [9.17, 15) is 0 Å². The van der Waals surface area contributed by atoms with Crippen molar-refractivity contribution in [3.8, 4) is 22.8 Å². The maximum absolute atomic E-state index is 6.08. The summed E-state index contributed by atoms with van der Waals surface area (Å²) in [5, 5.41) is 1.26. The van der Waals surface area contributed by atoms with Gasteiger partial charge >= 0.3 is 0 Å². The minimum absolute atomic E-state index is 0.704. The zero-order valence-electron chi connectivity index (χ0n) is 16.3. The van der Waals surface area contributed by atoms with Crippen molar-refractivity contribution in [1.29, 1.82) is 0 Å². The molecule has 1 aromatic heterocycles. The van der Waals surface area contributed by atoms with Crippen LogP contribution in [-0.4, -0.2) is 56.4 Å². The Morgan fingerprint density at radius 2 is 1.89 bits per heavy atom. The van der Waals surface area contributed by atoms with Crippen molar-refractivity contribution in [3.05, 3.63) is 47.5 Å². The Kier molecular flexibility index (Phi) is 4.71. The lowest BCUT2D eigenvalue weighted by Crippen LogP contribution is -2.38. The highest BCUT2D eigenvalue weighted by Crippen LogP contribution is 2.40. The van der Waals surface area contributed by atoms with Crippen LogP contribution in [0.15, 0.2) is 36.4 Å². The molecule has 1 aliphatic carbocycles. The Morgan fingerprint density at radius 1 is 1.04 bits per heavy atom. The smallest absolute Gasteiger partial charge is 0.120 e. The van der Waals surface area contributed by atoms with Gasteiger partial charge in [-0.2, -0.15) is 0 Å². The standard InChI is InChI=1S/C23H26N2O3/c1-26-17-5-7-22-21(14-17)19-6-3-16-2-4-18(15-20(16)23(19)24-22)28-13-10-25-8-11-27-12-9-25/h2,4-5,7,14-15,24H,3,6,8-13H2,1H3. The molecule has 0 unspecified atom stereocenters. The SMILES string of the molecule is COc1ccc2[nH]c3c(c2c1)CCc1ccc(OCCN2CCOCC2)cc1-3. The first-order valence-corrected chi connectivity index (χ1v) is 10.1. The Morgan fingerprint density at radius 3 is 2.75 bits per heavy atom. The topological polar surface area (TPSA) is 46.7 Å². The van der Waals surface area contributed by atoms with Crippen LogP contribution in [0, 0.1) is 0 Å². The number of methoxy groups -OCH3 is 1. The molecule has 0 spiro atoms. The van der Waals surface area contributed by atoms with Crippen molar-refractivity contribution in [3.63, 3.8) is 0 Å². The van der Waals surface area contributed by atoms with E-state index in [1.807, 2.05) is 6.07 Å². The van der Waals surface area contributed by atoms with E-state index >= 15 is 0 Å². The summed E-state index contributed by atoms with van der Waals surface area (Å²) in [5.41, 5.74) is 6.42. The summed E-state index contributed by atoms with van der Waals surface area (Å²) in [7, 11) is 1.72. The molecule has 0 radical (unpaired) electrons. The summed E-state index contributed by atoms with van der Waals surface area (Å²) >= 11 is 0. The van der Waals surface area contributed by atoms with Crippen LogP contribution in [-0.2, 0) is 17.6 Å². The molecule has 5 rings (SSSR count). The number of hydrogen-bond donors (Lipinski definition) is 1. The molecule has 0 bridgehead atoms. The van der Waals surface area contributed by atoms with Crippen molar-refractivity contribution >= 4 is 10.9 Å². The van der Waals surface area contributed by atoms with Gasteiger partial charge in [0.15, 0.2) is 0 Å². The van der Waals surface area contributed by atoms with Gasteiger partial charge in [0, 0.05) is 36.1 Å². The molecule has 2 aromatic carbocycles. The third-order valence-electron chi connectivity index (χ3n) is 5.89. The van der Waals surface area contributed by atoms with Crippen LogP contribution in [0.2, 0.25) is 0 Å². The van der Waals surface area contributed by atoms with Crippen LogP contribution >= 0.6 is 0 Å². The number of nitrogens with one attached hydrogen (secondary N) is 1. The van der Waals surface area contributed by atoms with Crippen LogP contribution in [0.5, 0.6) is 11.5 Å². The Hall–Kier alpha value is -2.50. The van der Waals surface area contributed by atoms with Gasteiger partial charge < -0.3 is 19.2 Å². The molecule has 5 heteroatoms. The summed E-state index contributed by atoms with van der Waals surface area (Å²) in [6, 6.07) is 12.8. The molecule has 5 nitrogen and oxygen atoms in total. The Bertz CT molecular complexity index is 989. The van der Waals surface area contributed by atoms with Crippen molar-refractivity contribution < 1.29 is 14.2 Å². The number of fused-ring (bicyclic) bond motifs is 5. The maximum Gasteiger partial charge on any atom is 0.120 e. The molecule has 146 valence electrons. The Labute approximate surface area is 165 Å². The summed E-state index contributed by atoms with van der Waals surface area (Å²) in [6.45, 7) is 5.29. The van der Waals surface area contributed by atoms with Gasteiger partial charge in [0.2, 0.25) is 0 Å². The third kappa shape index (κ3) is 3.25. The van der Waals surface area contributed by atoms with E-state index in [0.717, 1.165) is 62.7 Å². The molecule has 3 aromatic rings. The normalized spacial score (nSPS) is 16.6. The molecule has 0 atom stereocenters. The number of aromatic nitrogens is 1. The monoisotopic (exact) mass is 378 g/mol. The van der Waals surface area contributed by atoms with Crippen LogP contribution < -0.4 is 9.47 Å². The second-order valence-electron chi connectivity index (χ2n) is 7.51. The molecule has 1 fully saturated rings. The van der Waals surface area contributed by atoms with Gasteiger partial charge in [0.25, 0.3) is 0 Å². The molecular formula is C23H26N2O3. The van der Waals surface area contributed by atoms with E-state index < -0.39 is 0 Å². The minimum atomic E-state index is 0.704. The summed E-state index contributed by atoms with van der Waals surface area (Å²) < 4.78 is 16.9. The molecular weight excluding hydrogens is 352 g/mol. The van der Waals surface area contributed by atoms with Crippen molar-refractivity contribution in [2.45, 2.75) is 12.8 Å². The molecule has 0 amide bonds. The molecule has 2 heterocycles. The first-order valence-electron chi connectivity index (χ1n) is 10.1. The summed E-state index contributed by atoms with van der Waals surface area (Å²) in [4.78, 5) is 6.02. The van der Waals surface area contributed by atoms with Gasteiger partial charge in [0.1, 0.15) is 18.1 Å². The number of H-pyrrole nitrogens is 1. The average Bonchev–Trinajstić information content (AvgIpc) is 3.13. The summed E-state index contributed by atoms with van der Waals surface area (Å²) in [5.74, 6) is 1.84. The van der Waals surface area contributed by atoms with Gasteiger partial charge in [-0.15, -0.1) is 0 Å². The fourth-order valence-corrected chi connectivity index (χ4v) is 4.32.